The monoisotopic (exact) mass is 328 g/mol. The zero-order chi connectivity index (χ0) is 16.6. The molecule has 2 aromatic rings. The van der Waals surface area contributed by atoms with Gasteiger partial charge in [0.25, 0.3) is 5.91 Å². The molecule has 1 atom stereocenters. The van der Waals surface area contributed by atoms with Crippen LogP contribution in [0.1, 0.15) is 17.5 Å². The highest BCUT2D eigenvalue weighted by Crippen LogP contribution is 2.26. The number of halogens is 1. The molecule has 0 radical (unpaired) electrons. The van der Waals surface area contributed by atoms with Crippen molar-refractivity contribution in [2.24, 2.45) is 0 Å². The number of carbonyl (C=O) groups excluding carboxylic acids is 2. The maximum Gasteiger partial charge on any atom is 0.256 e. The highest BCUT2D eigenvalue weighted by atomic mass is 35.5. The number of amides is 2. The summed E-state index contributed by atoms with van der Waals surface area (Å²) in [5.41, 5.74) is 3.62. The van der Waals surface area contributed by atoms with Gasteiger partial charge in [-0.15, -0.1) is 0 Å². The van der Waals surface area contributed by atoms with E-state index in [4.69, 9.17) is 11.6 Å². The predicted molar refractivity (Wildman–Crippen MR) is 91.9 cm³/mol. The quantitative estimate of drug-likeness (QED) is 0.874. The Bertz CT molecular complexity index is 751. The van der Waals surface area contributed by atoms with Gasteiger partial charge in [0, 0.05) is 10.7 Å². The third kappa shape index (κ3) is 3.22. The molecule has 1 aliphatic heterocycles. The zero-order valence-corrected chi connectivity index (χ0v) is 13.7. The van der Waals surface area contributed by atoms with Crippen LogP contribution in [0.5, 0.6) is 0 Å². The Balaban J connectivity index is 1.82. The molecule has 1 N–H and O–H groups in total. The molecule has 0 aliphatic carbocycles. The molecule has 1 aliphatic rings. The Hall–Kier alpha value is -2.33. The topological polar surface area (TPSA) is 49.4 Å². The smallest absolute Gasteiger partial charge is 0.256 e. The molecule has 0 aromatic heterocycles. The standard InChI is InChI=1S/C18H17ClN2O2/c1-11-7-12(2)9-14(8-11)20-16-10-17(22)21(18(16)23)15-5-3-13(19)4-6-15/h3-9,16,20H,10H2,1-2H3/t16-/m0/s1. The fourth-order valence-corrected chi connectivity index (χ4v) is 2.99. The van der Waals surface area contributed by atoms with Gasteiger partial charge in [0.2, 0.25) is 5.91 Å². The summed E-state index contributed by atoms with van der Waals surface area (Å²) in [6.07, 6.45) is 0.147. The van der Waals surface area contributed by atoms with Crippen molar-refractivity contribution in [1.82, 2.24) is 0 Å². The van der Waals surface area contributed by atoms with Gasteiger partial charge in [0.1, 0.15) is 6.04 Å². The van der Waals surface area contributed by atoms with Gasteiger partial charge in [0.05, 0.1) is 12.1 Å². The molecular formula is C18H17ClN2O2. The summed E-state index contributed by atoms with van der Waals surface area (Å²) >= 11 is 5.86. The molecule has 0 bridgehead atoms. The first-order valence-electron chi connectivity index (χ1n) is 7.41. The number of hydrogen-bond acceptors (Lipinski definition) is 3. The van der Waals surface area contributed by atoms with Crippen molar-refractivity contribution in [2.75, 3.05) is 10.2 Å². The summed E-state index contributed by atoms with van der Waals surface area (Å²) in [6, 6.07) is 12.1. The molecule has 23 heavy (non-hydrogen) atoms. The molecular weight excluding hydrogens is 312 g/mol. The average Bonchev–Trinajstić information content (AvgIpc) is 2.74. The number of rotatable bonds is 3. The number of benzene rings is 2. The van der Waals surface area contributed by atoms with E-state index in [9.17, 15) is 9.59 Å². The van der Waals surface area contributed by atoms with E-state index in [0.717, 1.165) is 16.8 Å². The van der Waals surface area contributed by atoms with E-state index in [1.807, 2.05) is 26.0 Å². The Morgan fingerprint density at radius 1 is 1.04 bits per heavy atom. The first-order chi connectivity index (χ1) is 10.9. The molecule has 1 heterocycles. The molecule has 0 saturated carbocycles. The molecule has 0 spiro atoms. The second kappa shape index (κ2) is 6.05. The SMILES string of the molecule is Cc1cc(C)cc(N[C@H]2CC(=O)N(c3ccc(Cl)cc3)C2=O)c1. The van der Waals surface area contributed by atoms with Crippen molar-refractivity contribution in [3.8, 4) is 0 Å². The van der Waals surface area contributed by atoms with Crippen LogP contribution in [0.15, 0.2) is 42.5 Å². The highest BCUT2D eigenvalue weighted by Gasteiger charge is 2.39. The lowest BCUT2D eigenvalue weighted by molar-refractivity contribution is -0.121. The molecule has 1 fully saturated rings. The van der Waals surface area contributed by atoms with Crippen molar-refractivity contribution in [2.45, 2.75) is 26.3 Å². The fourth-order valence-electron chi connectivity index (χ4n) is 2.87. The van der Waals surface area contributed by atoms with Gasteiger partial charge in [-0.1, -0.05) is 17.7 Å². The van der Waals surface area contributed by atoms with Gasteiger partial charge in [0.15, 0.2) is 0 Å². The van der Waals surface area contributed by atoms with Crippen molar-refractivity contribution < 1.29 is 9.59 Å². The summed E-state index contributed by atoms with van der Waals surface area (Å²) in [6.45, 7) is 4.00. The van der Waals surface area contributed by atoms with Crippen LogP contribution in [0.2, 0.25) is 5.02 Å². The normalized spacial score (nSPS) is 17.7. The minimum atomic E-state index is -0.542. The van der Waals surface area contributed by atoms with Crippen LogP contribution in [-0.2, 0) is 9.59 Å². The van der Waals surface area contributed by atoms with Crippen LogP contribution in [0, 0.1) is 13.8 Å². The zero-order valence-electron chi connectivity index (χ0n) is 13.0. The van der Waals surface area contributed by atoms with Gasteiger partial charge in [-0.3, -0.25) is 9.59 Å². The number of nitrogens with zero attached hydrogens (tertiary/aromatic N) is 1. The number of imide groups is 1. The molecule has 118 valence electrons. The maximum absolute atomic E-state index is 12.6. The molecule has 5 heteroatoms. The van der Waals surface area contributed by atoms with Gasteiger partial charge in [-0.05, 0) is 61.4 Å². The van der Waals surface area contributed by atoms with E-state index in [1.165, 1.54) is 4.90 Å². The van der Waals surface area contributed by atoms with Crippen LogP contribution >= 0.6 is 11.6 Å². The van der Waals surface area contributed by atoms with Crippen molar-refractivity contribution >= 4 is 34.8 Å². The van der Waals surface area contributed by atoms with Crippen molar-refractivity contribution in [3.63, 3.8) is 0 Å². The Kier molecular flexibility index (Phi) is 4.09. The average molecular weight is 329 g/mol. The van der Waals surface area contributed by atoms with Crippen LogP contribution in [0.4, 0.5) is 11.4 Å². The number of aryl methyl sites for hydroxylation is 2. The van der Waals surface area contributed by atoms with Crippen LogP contribution in [0.3, 0.4) is 0 Å². The summed E-state index contributed by atoms with van der Waals surface area (Å²) in [5, 5.41) is 3.74. The number of nitrogens with one attached hydrogen (secondary N) is 1. The molecule has 3 rings (SSSR count). The predicted octanol–water partition coefficient (Wildman–Crippen LogP) is 3.70. The van der Waals surface area contributed by atoms with Gasteiger partial charge < -0.3 is 5.32 Å². The van der Waals surface area contributed by atoms with Crippen LogP contribution in [0.25, 0.3) is 0 Å². The number of carbonyl (C=O) groups is 2. The summed E-state index contributed by atoms with van der Waals surface area (Å²) < 4.78 is 0. The lowest BCUT2D eigenvalue weighted by atomic mass is 10.1. The van der Waals surface area contributed by atoms with E-state index in [0.29, 0.717) is 10.7 Å². The van der Waals surface area contributed by atoms with Crippen molar-refractivity contribution in [1.29, 1.82) is 0 Å². The Morgan fingerprint density at radius 2 is 1.65 bits per heavy atom. The second-order valence-electron chi connectivity index (χ2n) is 5.82. The third-order valence-electron chi connectivity index (χ3n) is 3.79. The first kappa shape index (κ1) is 15.6. The van der Waals surface area contributed by atoms with Crippen molar-refractivity contribution in [3.05, 3.63) is 58.6 Å². The molecule has 2 amide bonds. The van der Waals surface area contributed by atoms with Crippen LogP contribution < -0.4 is 10.2 Å². The van der Waals surface area contributed by atoms with E-state index in [2.05, 4.69) is 11.4 Å². The third-order valence-corrected chi connectivity index (χ3v) is 4.05. The molecule has 2 aromatic carbocycles. The van der Waals surface area contributed by atoms with Crippen LogP contribution in [-0.4, -0.2) is 17.9 Å². The number of anilines is 2. The van der Waals surface area contributed by atoms with E-state index in [1.54, 1.807) is 24.3 Å². The minimum Gasteiger partial charge on any atom is -0.373 e. The van der Waals surface area contributed by atoms with E-state index >= 15 is 0 Å². The largest absolute Gasteiger partial charge is 0.373 e. The molecule has 4 nitrogen and oxygen atoms in total. The second-order valence-corrected chi connectivity index (χ2v) is 6.26. The van der Waals surface area contributed by atoms with Gasteiger partial charge in [-0.25, -0.2) is 4.90 Å². The summed E-state index contributed by atoms with van der Waals surface area (Å²) in [7, 11) is 0. The molecule has 0 unspecified atom stereocenters. The number of hydrogen-bond donors (Lipinski definition) is 1. The summed E-state index contributed by atoms with van der Waals surface area (Å²) in [4.78, 5) is 26.0. The first-order valence-corrected chi connectivity index (χ1v) is 7.79. The minimum absolute atomic E-state index is 0.147. The lowest BCUT2D eigenvalue weighted by Gasteiger charge is -2.16. The maximum atomic E-state index is 12.6. The van der Waals surface area contributed by atoms with Gasteiger partial charge >= 0.3 is 0 Å². The summed E-state index contributed by atoms with van der Waals surface area (Å²) in [5.74, 6) is -0.448. The van der Waals surface area contributed by atoms with Gasteiger partial charge in [-0.2, -0.15) is 0 Å². The molecule has 1 saturated heterocycles. The lowest BCUT2D eigenvalue weighted by Crippen LogP contribution is -2.34. The fraction of sp³-hybridized carbons (Fsp3) is 0.222. The van der Waals surface area contributed by atoms with E-state index < -0.39 is 6.04 Å². The highest BCUT2D eigenvalue weighted by molar-refractivity contribution is 6.30. The van der Waals surface area contributed by atoms with E-state index in [-0.39, 0.29) is 18.2 Å². The Morgan fingerprint density at radius 3 is 2.26 bits per heavy atom. The Labute approximate surface area is 140 Å².